The van der Waals surface area contributed by atoms with Crippen LogP contribution in [-0.4, -0.2) is 70.5 Å². The molecule has 1 aliphatic heterocycles. The fourth-order valence-electron chi connectivity index (χ4n) is 3.18. The molecule has 1 N–H and O–H groups in total. The quantitative estimate of drug-likeness (QED) is 0.852. The van der Waals surface area contributed by atoms with E-state index in [1.807, 2.05) is 31.2 Å². The van der Waals surface area contributed by atoms with Gasteiger partial charge in [-0.1, -0.05) is 0 Å². The Morgan fingerprint density at radius 2 is 2.04 bits per heavy atom. The molecule has 1 aliphatic rings. The zero-order valence-electron chi connectivity index (χ0n) is 15.1. The van der Waals surface area contributed by atoms with Gasteiger partial charge in [-0.25, -0.2) is 0 Å². The summed E-state index contributed by atoms with van der Waals surface area (Å²) in [5.41, 5.74) is 0.884. The number of piperazine rings is 1. The standard InChI is InChI=1S/C18H26N4O3/c1-13-10-21(8-9-22(13)11-14(2)23)12-17-19-20-18(25-17)15-4-6-16(24-3)7-5-15/h4-7,13-14,23H,8-12H2,1-3H3/t13-,14-/m1/s1. The van der Waals surface area contributed by atoms with Crippen molar-refractivity contribution in [3.05, 3.63) is 30.2 Å². The van der Waals surface area contributed by atoms with Gasteiger partial charge in [-0.15, -0.1) is 10.2 Å². The van der Waals surface area contributed by atoms with Crippen molar-refractivity contribution >= 4 is 0 Å². The summed E-state index contributed by atoms with van der Waals surface area (Å²) in [5, 5.41) is 17.9. The van der Waals surface area contributed by atoms with Crippen molar-refractivity contribution in [2.45, 2.75) is 32.5 Å². The molecule has 0 spiro atoms. The molecular weight excluding hydrogens is 320 g/mol. The van der Waals surface area contributed by atoms with Gasteiger partial charge >= 0.3 is 0 Å². The van der Waals surface area contributed by atoms with Crippen molar-refractivity contribution < 1.29 is 14.3 Å². The number of aliphatic hydroxyl groups excluding tert-OH is 1. The van der Waals surface area contributed by atoms with Crippen LogP contribution < -0.4 is 4.74 Å². The highest BCUT2D eigenvalue weighted by Crippen LogP contribution is 2.22. The lowest BCUT2D eigenvalue weighted by Crippen LogP contribution is -2.53. The first-order chi connectivity index (χ1) is 12.0. The molecule has 7 heteroatoms. The van der Waals surface area contributed by atoms with Gasteiger partial charge < -0.3 is 14.3 Å². The highest BCUT2D eigenvalue weighted by atomic mass is 16.5. The van der Waals surface area contributed by atoms with E-state index in [4.69, 9.17) is 9.15 Å². The lowest BCUT2D eigenvalue weighted by atomic mass is 10.1. The summed E-state index contributed by atoms with van der Waals surface area (Å²) in [6, 6.07) is 7.97. The summed E-state index contributed by atoms with van der Waals surface area (Å²) in [6.07, 6.45) is -0.294. The van der Waals surface area contributed by atoms with Crippen molar-refractivity contribution in [2.24, 2.45) is 0 Å². The lowest BCUT2D eigenvalue weighted by Gasteiger charge is -2.39. The van der Waals surface area contributed by atoms with Crippen LogP contribution in [0.15, 0.2) is 28.7 Å². The third kappa shape index (κ3) is 4.56. The Labute approximate surface area is 148 Å². The van der Waals surface area contributed by atoms with Crippen LogP contribution in [0.25, 0.3) is 11.5 Å². The highest BCUT2D eigenvalue weighted by molar-refractivity contribution is 5.53. The van der Waals surface area contributed by atoms with E-state index in [-0.39, 0.29) is 6.10 Å². The van der Waals surface area contributed by atoms with E-state index < -0.39 is 0 Å². The highest BCUT2D eigenvalue weighted by Gasteiger charge is 2.25. The van der Waals surface area contributed by atoms with Crippen molar-refractivity contribution in [3.8, 4) is 17.2 Å². The molecule has 0 bridgehead atoms. The Morgan fingerprint density at radius 3 is 2.68 bits per heavy atom. The molecule has 1 fully saturated rings. The Balaban J connectivity index is 1.58. The molecule has 1 aromatic carbocycles. The largest absolute Gasteiger partial charge is 0.497 e. The van der Waals surface area contributed by atoms with Crippen LogP contribution in [0.4, 0.5) is 0 Å². The molecule has 2 atom stereocenters. The van der Waals surface area contributed by atoms with Crippen molar-refractivity contribution in [2.75, 3.05) is 33.3 Å². The minimum Gasteiger partial charge on any atom is -0.497 e. The molecule has 0 aliphatic carbocycles. The fraction of sp³-hybridized carbons (Fsp3) is 0.556. The van der Waals surface area contributed by atoms with E-state index in [9.17, 15) is 5.11 Å². The van der Waals surface area contributed by atoms with Crippen LogP contribution in [0.2, 0.25) is 0 Å². The maximum Gasteiger partial charge on any atom is 0.247 e. The number of nitrogens with zero attached hydrogens (tertiary/aromatic N) is 4. The molecule has 1 saturated heterocycles. The monoisotopic (exact) mass is 346 g/mol. The van der Waals surface area contributed by atoms with E-state index >= 15 is 0 Å². The number of benzene rings is 1. The first-order valence-corrected chi connectivity index (χ1v) is 8.66. The molecular formula is C18H26N4O3. The van der Waals surface area contributed by atoms with Gasteiger partial charge in [0.15, 0.2) is 0 Å². The molecule has 2 heterocycles. The zero-order valence-corrected chi connectivity index (χ0v) is 15.1. The summed E-state index contributed by atoms with van der Waals surface area (Å²) in [5.74, 6) is 1.95. The van der Waals surface area contributed by atoms with Crippen molar-refractivity contribution in [3.63, 3.8) is 0 Å². The van der Waals surface area contributed by atoms with Crippen LogP contribution >= 0.6 is 0 Å². The van der Waals surface area contributed by atoms with E-state index in [0.717, 1.165) is 37.5 Å². The van der Waals surface area contributed by atoms with Crippen LogP contribution in [0.5, 0.6) is 5.75 Å². The van der Waals surface area contributed by atoms with Gasteiger partial charge in [-0.3, -0.25) is 9.80 Å². The number of rotatable bonds is 6. The molecule has 25 heavy (non-hydrogen) atoms. The molecule has 0 unspecified atom stereocenters. The van der Waals surface area contributed by atoms with Gasteiger partial charge in [0, 0.05) is 37.8 Å². The average Bonchev–Trinajstić information content (AvgIpc) is 3.05. The van der Waals surface area contributed by atoms with Crippen LogP contribution in [0.1, 0.15) is 19.7 Å². The second-order valence-electron chi connectivity index (χ2n) is 6.66. The number of hydrogen-bond donors (Lipinski definition) is 1. The van der Waals surface area contributed by atoms with Gasteiger partial charge in [0.1, 0.15) is 5.75 Å². The minimum absolute atomic E-state index is 0.294. The summed E-state index contributed by atoms with van der Waals surface area (Å²) >= 11 is 0. The van der Waals surface area contributed by atoms with Gasteiger partial charge in [0.25, 0.3) is 0 Å². The summed E-state index contributed by atoms with van der Waals surface area (Å²) in [6.45, 7) is 8.17. The average molecular weight is 346 g/mol. The van der Waals surface area contributed by atoms with Gasteiger partial charge in [0.2, 0.25) is 11.8 Å². The van der Waals surface area contributed by atoms with Crippen molar-refractivity contribution in [1.29, 1.82) is 0 Å². The fourth-order valence-corrected chi connectivity index (χ4v) is 3.18. The number of methoxy groups -OCH3 is 1. The van der Waals surface area contributed by atoms with Gasteiger partial charge in [-0.05, 0) is 38.1 Å². The van der Waals surface area contributed by atoms with E-state index in [2.05, 4.69) is 26.9 Å². The molecule has 7 nitrogen and oxygen atoms in total. The lowest BCUT2D eigenvalue weighted by molar-refractivity contribution is 0.0393. The second kappa shape index (κ2) is 7.95. The normalized spacial score (nSPS) is 20.6. The van der Waals surface area contributed by atoms with E-state index in [1.165, 1.54) is 0 Å². The smallest absolute Gasteiger partial charge is 0.247 e. The Bertz CT molecular complexity index is 671. The van der Waals surface area contributed by atoms with Gasteiger partial charge in [-0.2, -0.15) is 0 Å². The summed E-state index contributed by atoms with van der Waals surface area (Å²) in [7, 11) is 1.64. The number of β-amino-alcohol motifs (C(OH)–C–C–N with tert-alkyl or cyclic N) is 1. The molecule has 2 aromatic rings. The second-order valence-corrected chi connectivity index (χ2v) is 6.66. The first kappa shape index (κ1) is 17.8. The molecule has 136 valence electrons. The van der Waals surface area contributed by atoms with Crippen LogP contribution in [0, 0.1) is 0 Å². The molecule has 0 amide bonds. The van der Waals surface area contributed by atoms with Crippen LogP contribution in [-0.2, 0) is 6.54 Å². The summed E-state index contributed by atoms with van der Waals surface area (Å²) < 4.78 is 11.0. The van der Waals surface area contributed by atoms with Crippen molar-refractivity contribution in [1.82, 2.24) is 20.0 Å². The predicted octanol–water partition coefficient (Wildman–Crippen LogP) is 1.63. The third-order valence-electron chi connectivity index (χ3n) is 4.51. The zero-order chi connectivity index (χ0) is 17.8. The maximum atomic E-state index is 9.57. The predicted molar refractivity (Wildman–Crippen MR) is 94.3 cm³/mol. The molecule has 1 aromatic heterocycles. The van der Waals surface area contributed by atoms with Gasteiger partial charge in [0.05, 0.1) is 19.8 Å². The number of hydrogen-bond acceptors (Lipinski definition) is 7. The van der Waals surface area contributed by atoms with E-state index in [0.29, 0.717) is 24.4 Å². The first-order valence-electron chi connectivity index (χ1n) is 8.66. The van der Waals surface area contributed by atoms with E-state index in [1.54, 1.807) is 7.11 Å². The number of aromatic nitrogens is 2. The molecule has 0 radical (unpaired) electrons. The number of ether oxygens (including phenoxy) is 1. The number of aliphatic hydroxyl groups is 1. The Kier molecular flexibility index (Phi) is 5.67. The third-order valence-corrected chi connectivity index (χ3v) is 4.51. The molecule has 0 saturated carbocycles. The maximum absolute atomic E-state index is 9.57. The Morgan fingerprint density at radius 1 is 1.28 bits per heavy atom. The topological polar surface area (TPSA) is 74.9 Å². The minimum atomic E-state index is -0.294. The van der Waals surface area contributed by atoms with Crippen LogP contribution in [0.3, 0.4) is 0 Å². The summed E-state index contributed by atoms with van der Waals surface area (Å²) in [4.78, 5) is 4.63. The Hall–Kier alpha value is -1.96. The molecule has 3 rings (SSSR count). The SMILES string of the molecule is COc1ccc(-c2nnc(CN3CCN(C[C@@H](C)O)[C@H](C)C3)o2)cc1.